The molecule has 1 aromatic rings. The molecule has 1 heterocycles. The molecule has 0 spiro atoms. The molecule has 0 aromatic carbocycles. The first-order valence-corrected chi connectivity index (χ1v) is 9.97. The number of hydrogen-bond donors (Lipinski definition) is 2. The lowest BCUT2D eigenvalue weighted by Crippen LogP contribution is -2.39. The first-order chi connectivity index (χ1) is 12.2. The van der Waals surface area contributed by atoms with Crippen LogP contribution in [0.4, 0.5) is 0 Å². The number of rotatable bonds is 9. The van der Waals surface area contributed by atoms with Gasteiger partial charge in [0.15, 0.2) is 0 Å². The van der Waals surface area contributed by atoms with E-state index in [4.69, 9.17) is 14.6 Å². The van der Waals surface area contributed by atoms with E-state index in [0.29, 0.717) is 12.4 Å². The maximum Gasteiger partial charge on any atom is 0.250 e. The molecule has 0 fully saturated rings. The smallest absolute Gasteiger partial charge is 0.250 e. The number of nitrogens with zero attached hydrogens (tertiary/aromatic N) is 3. The highest BCUT2D eigenvalue weighted by Gasteiger charge is 2.10. The fraction of sp³-hybridized carbons (Fsp3) is 0.889. The molecule has 2 N–H and O–H groups in total. The monoisotopic (exact) mass is 392 g/mol. The van der Waals surface area contributed by atoms with Gasteiger partial charge in [-0.2, -0.15) is 4.37 Å². The van der Waals surface area contributed by atoms with E-state index in [9.17, 15) is 0 Å². The van der Waals surface area contributed by atoms with Crippen LogP contribution in [0.5, 0.6) is 5.88 Å². The molecule has 26 heavy (non-hydrogen) atoms. The first-order valence-electron chi connectivity index (χ1n) is 9.24. The van der Waals surface area contributed by atoms with Crippen LogP contribution in [0.25, 0.3) is 0 Å². The molecule has 1 atom stereocenters. The predicted octanol–water partition coefficient (Wildman–Crippen LogP) is 2.80. The maximum atomic E-state index is 8.85. The number of aliphatic hydroxyl groups is 1. The predicted molar refractivity (Wildman–Crippen MR) is 110 cm³/mol. The number of aromatic nitrogens is 2. The average Bonchev–Trinajstić information content (AvgIpc) is 3.02. The van der Waals surface area contributed by atoms with Crippen LogP contribution < -0.4 is 10.1 Å². The van der Waals surface area contributed by atoms with E-state index < -0.39 is 0 Å². The highest BCUT2D eigenvalue weighted by Crippen LogP contribution is 2.15. The molecule has 7 nitrogen and oxygen atoms in total. The lowest BCUT2D eigenvalue weighted by molar-refractivity contribution is 0.119. The zero-order valence-corrected chi connectivity index (χ0v) is 18.9. The van der Waals surface area contributed by atoms with E-state index in [2.05, 4.69) is 39.7 Å². The average molecular weight is 393 g/mol. The standard InChI is InChI=1S/C9H17N3O2S.C7H17NO.C2H6/c1-4-14-6-5-12(2)7-8-9(13-3)11-15-10-8;1-6(9)5-8-7(2,3)4;1-2/h4-7H2,1-3H3;6,8-9H,5H2,1-4H3;1-2H3. The van der Waals surface area contributed by atoms with Gasteiger partial charge in [0.05, 0.1) is 31.5 Å². The van der Waals surface area contributed by atoms with Crippen LogP contribution >= 0.6 is 11.7 Å². The molecule has 0 aliphatic carbocycles. The van der Waals surface area contributed by atoms with Crippen molar-refractivity contribution >= 4 is 11.7 Å². The Morgan fingerprint density at radius 3 is 2.31 bits per heavy atom. The Morgan fingerprint density at radius 1 is 1.27 bits per heavy atom. The van der Waals surface area contributed by atoms with Crippen molar-refractivity contribution in [3.63, 3.8) is 0 Å². The normalized spacial score (nSPS) is 12.0. The fourth-order valence-electron chi connectivity index (χ4n) is 1.60. The molecule has 0 radical (unpaired) electrons. The zero-order valence-electron chi connectivity index (χ0n) is 18.1. The molecule has 0 saturated heterocycles. The van der Waals surface area contributed by atoms with E-state index in [0.717, 1.165) is 32.0 Å². The maximum absolute atomic E-state index is 8.85. The first kappa shape index (κ1) is 27.4. The Bertz CT molecular complexity index is 423. The quantitative estimate of drug-likeness (QED) is 0.626. The summed E-state index contributed by atoms with van der Waals surface area (Å²) in [6.07, 6.45) is -0.246. The summed E-state index contributed by atoms with van der Waals surface area (Å²) < 4.78 is 18.6. The van der Waals surface area contributed by atoms with Crippen LogP contribution in [-0.2, 0) is 11.3 Å². The Balaban J connectivity index is 0. The lowest BCUT2D eigenvalue weighted by atomic mass is 10.1. The molecule has 1 rings (SSSR count). The van der Waals surface area contributed by atoms with Crippen molar-refractivity contribution < 1.29 is 14.6 Å². The van der Waals surface area contributed by atoms with Crippen molar-refractivity contribution in [2.75, 3.05) is 40.5 Å². The molecule has 0 aliphatic rings. The SMILES string of the molecule is CC.CC(O)CNC(C)(C)C.CCOCCN(C)Cc1nsnc1OC. The Morgan fingerprint density at radius 2 is 1.88 bits per heavy atom. The van der Waals surface area contributed by atoms with Crippen molar-refractivity contribution in [1.29, 1.82) is 0 Å². The molecular formula is C18H40N4O3S. The number of hydrogen-bond acceptors (Lipinski definition) is 8. The summed E-state index contributed by atoms with van der Waals surface area (Å²) in [6, 6.07) is 0. The summed E-state index contributed by atoms with van der Waals surface area (Å²) in [5, 5.41) is 12.0. The Labute approximate surface area is 164 Å². The number of nitrogens with one attached hydrogen (secondary N) is 1. The van der Waals surface area contributed by atoms with Gasteiger partial charge in [-0.05, 0) is 41.7 Å². The van der Waals surface area contributed by atoms with E-state index >= 15 is 0 Å². The molecule has 0 aliphatic heterocycles. The van der Waals surface area contributed by atoms with E-state index in [-0.39, 0.29) is 11.6 Å². The second-order valence-electron chi connectivity index (χ2n) is 6.63. The molecular weight excluding hydrogens is 352 g/mol. The van der Waals surface area contributed by atoms with Gasteiger partial charge in [-0.3, -0.25) is 4.90 Å². The van der Waals surface area contributed by atoms with Crippen molar-refractivity contribution in [2.45, 2.75) is 66.7 Å². The lowest BCUT2D eigenvalue weighted by Gasteiger charge is -2.21. The van der Waals surface area contributed by atoms with Crippen LogP contribution in [0, 0.1) is 0 Å². The van der Waals surface area contributed by atoms with Crippen LogP contribution in [0.15, 0.2) is 0 Å². The Kier molecular flexibility index (Phi) is 17.3. The van der Waals surface area contributed by atoms with Crippen LogP contribution in [0.3, 0.4) is 0 Å². The van der Waals surface area contributed by atoms with E-state index in [1.54, 1.807) is 14.0 Å². The molecule has 1 unspecified atom stereocenters. The second-order valence-corrected chi connectivity index (χ2v) is 7.16. The van der Waals surface area contributed by atoms with Crippen LogP contribution in [0.2, 0.25) is 0 Å². The fourth-order valence-corrected chi connectivity index (χ4v) is 2.13. The van der Waals surface area contributed by atoms with Gasteiger partial charge in [0.1, 0.15) is 5.69 Å². The third-order valence-corrected chi connectivity index (χ3v) is 3.43. The summed E-state index contributed by atoms with van der Waals surface area (Å²) in [7, 11) is 3.64. The highest BCUT2D eigenvalue weighted by atomic mass is 32.1. The summed E-state index contributed by atoms with van der Waals surface area (Å²) in [5.74, 6) is 0.628. The van der Waals surface area contributed by atoms with Gasteiger partial charge in [0, 0.05) is 31.8 Å². The number of likely N-dealkylation sites (N-methyl/N-ethyl adjacent to an activating group) is 1. The van der Waals surface area contributed by atoms with Gasteiger partial charge in [0.25, 0.3) is 0 Å². The largest absolute Gasteiger partial charge is 0.479 e. The summed E-state index contributed by atoms with van der Waals surface area (Å²) >= 11 is 1.18. The summed E-state index contributed by atoms with van der Waals surface area (Å²) in [6.45, 7) is 17.8. The van der Waals surface area contributed by atoms with Crippen molar-refractivity contribution in [3.05, 3.63) is 5.69 Å². The molecule has 0 bridgehead atoms. The van der Waals surface area contributed by atoms with Gasteiger partial charge >= 0.3 is 0 Å². The van der Waals surface area contributed by atoms with Gasteiger partial charge in [-0.1, -0.05) is 13.8 Å². The summed E-state index contributed by atoms with van der Waals surface area (Å²) in [5.41, 5.74) is 1.01. The van der Waals surface area contributed by atoms with Gasteiger partial charge in [-0.15, -0.1) is 4.37 Å². The van der Waals surface area contributed by atoms with Crippen molar-refractivity contribution in [2.24, 2.45) is 0 Å². The van der Waals surface area contributed by atoms with Gasteiger partial charge in [0.2, 0.25) is 5.88 Å². The zero-order chi connectivity index (χ0) is 20.6. The topological polar surface area (TPSA) is 79.7 Å². The summed E-state index contributed by atoms with van der Waals surface area (Å²) in [4.78, 5) is 2.13. The minimum Gasteiger partial charge on any atom is -0.479 e. The van der Waals surface area contributed by atoms with E-state index in [1.165, 1.54) is 11.7 Å². The second kappa shape index (κ2) is 16.4. The van der Waals surface area contributed by atoms with Crippen LogP contribution in [0.1, 0.15) is 54.2 Å². The van der Waals surface area contributed by atoms with Crippen LogP contribution in [-0.4, -0.2) is 70.9 Å². The molecule has 8 heteroatoms. The van der Waals surface area contributed by atoms with Gasteiger partial charge < -0.3 is 19.9 Å². The Hall–Kier alpha value is -0.800. The minimum absolute atomic E-state index is 0.122. The highest BCUT2D eigenvalue weighted by molar-refractivity contribution is 6.99. The molecule has 156 valence electrons. The van der Waals surface area contributed by atoms with Crippen molar-refractivity contribution in [1.82, 2.24) is 19.0 Å². The van der Waals surface area contributed by atoms with E-state index in [1.807, 2.05) is 27.8 Å². The number of ether oxygens (including phenoxy) is 2. The molecule has 0 amide bonds. The number of aliphatic hydroxyl groups excluding tert-OH is 1. The number of β-amino-alcohol motifs (C(OH)–C–C–N with tert-alkyl or cyclic N) is 1. The minimum atomic E-state index is -0.246. The van der Waals surface area contributed by atoms with Crippen molar-refractivity contribution in [3.8, 4) is 5.88 Å². The number of methoxy groups -OCH3 is 1. The third-order valence-electron chi connectivity index (χ3n) is 2.88. The van der Waals surface area contributed by atoms with Gasteiger partial charge in [-0.25, -0.2) is 0 Å². The molecule has 0 saturated carbocycles. The molecule has 1 aromatic heterocycles. The third kappa shape index (κ3) is 16.7.